The zero-order chi connectivity index (χ0) is 18.6. The number of carbonyl (C=O) groups excluding carboxylic acids is 1. The fraction of sp³-hybridized carbons (Fsp3) is 0.350. The van der Waals surface area contributed by atoms with Crippen molar-refractivity contribution in [3.8, 4) is 11.1 Å². The Hall–Kier alpha value is -2.18. The van der Waals surface area contributed by atoms with E-state index in [1.165, 1.54) is 10.6 Å². The van der Waals surface area contributed by atoms with Crippen LogP contribution in [0.25, 0.3) is 11.1 Å². The molecule has 1 aliphatic rings. The van der Waals surface area contributed by atoms with E-state index in [0.717, 1.165) is 24.0 Å². The lowest BCUT2D eigenvalue weighted by atomic mass is 9.99. The monoisotopic (exact) mass is 372 g/mol. The molecule has 0 spiro atoms. The molecule has 1 N–H and O–H groups in total. The maximum Gasteiger partial charge on any atom is 0.251 e. The molecule has 5 nitrogen and oxygen atoms in total. The molecule has 2 aromatic rings. The van der Waals surface area contributed by atoms with E-state index in [1.807, 2.05) is 54.6 Å². The van der Waals surface area contributed by atoms with Crippen LogP contribution in [0.5, 0.6) is 0 Å². The molecule has 1 amide bonds. The van der Waals surface area contributed by atoms with Crippen molar-refractivity contribution in [1.82, 2.24) is 9.62 Å². The molecular formula is C20H24N2O3S. The molecule has 6 heteroatoms. The molecule has 0 saturated carbocycles. The van der Waals surface area contributed by atoms with E-state index in [9.17, 15) is 13.2 Å². The number of sulfonamides is 1. The Bertz CT molecular complexity index is 848. The number of carbonyl (C=O) groups is 1. The van der Waals surface area contributed by atoms with Crippen molar-refractivity contribution in [2.75, 3.05) is 25.9 Å². The molecule has 0 aromatic heterocycles. The first-order chi connectivity index (χ1) is 12.4. The summed E-state index contributed by atoms with van der Waals surface area (Å²) in [5.74, 6) is 0.0344. The van der Waals surface area contributed by atoms with Gasteiger partial charge < -0.3 is 5.32 Å². The van der Waals surface area contributed by atoms with Crippen LogP contribution in [0.3, 0.4) is 0 Å². The van der Waals surface area contributed by atoms with Crippen LogP contribution in [-0.4, -0.2) is 44.5 Å². The first kappa shape index (κ1) is 18.6. The third-order valence-electron chi connectivity index (χ3n) is 4.76. The lowest BCUT2D eigenvalue weighted by molar-refractivity contribution is 0.0941. The van der Waals surface area contributed by atoms with Crippen molar-refractivity contribution < 1.29 is 13.2 Å². The lowest BCUT2D eigenvalue weighted by Gasteiger charge is -2.30. The van der Waals surface area contributed by atoms with E-state index in [0.29, 0.717) is 25.2 Å². The predicted octanol–water partition coefficient (Wildman–Crippen LogP) is 2.76. The van der Waals surface area contributed by atoms with Gasteiger partial charge in [0.05, 0.1) is 6.26 Å². The molecule has 1 heterocycles. The normalized spacial score (nSPS) is 18.4. The Morgan fingerprint density at radius 1 is 1.08 bits per heavy atom. The summed E-state index contributed by atoms with van der Waals surface area (Å²) in [6.45, 7) is 1.54. The van der Waals surface area contributed by atoms with Crippen molar-refractivity contribution in [2.24, 2.45) is 5.92 Å². The van der Waals surface area contributed by atoms with Gasteiger partial charge in [-0.25, -0.2) is 12.7 Å². The Labute approximate surface area is 155 Å². The minimum atomic E-state index is -3.16. The van der Waals surface area contributed by atoms with Gasteiger partial charge in [-0.05, 0) is 42.0 Å². The van der Waals surface area contributed by atoms with Gasteiger partial charge in [0, 0.05) is 25.2 Å². The maximum absolute atomic E-state index is 12.4. The summed E-state index contributed by atoms with van der Waals surface area (Å²) in [4.78, 5) is 12.4. The number of nitrogens with one attached hydrogen (secondary N) is 1. The highest BCUT2D eigenvalue weighted by Crippen LogP contribution is 2.20. The van der Waals surface area contributed by atoms with Crippen molar-refractivity contribution in [2.45, 2.75) is 12.8 Å². The van der Waals surface area contributed by atoms with Gasteiger partial charge in [-0.1, -0.05) is 42.5 Å². The second-order valence-corrected chi connectivity index (χ2v) is 8.77. The Morgan fingerprint density at radius 2 is 1.73 bits per heavy atom. The molecule has 0 bridgehead atoms. The molecule has 1 fully saturated rings. The van der Waals surface area contributed by atoms with Gasteiger partial charge >= 0.3 is 0 Å². The summed E-state index contributed by atoms with van der Waals surface area (Å²) >= 11 is 0. The van der Waals surface area contributed by atoms with Crippen LogP contribution in [-0.2, 0) is 10.0 Å². The van der Waals surface area contributed by atoms with Crippen LogP contribution in [0.2, 0.25) is 0 Å². The van der Waals surface area contributed by atoms with Gasteiger partial charge in [0.1, 0.15) is 0 Å². The summed E-state index contributed by atoms with van der Waals surface area (Å²) in [5.41, 5.74) is 2.79. The number of piperidine rings is 1. The highest BCUT2D eigenvalue weighted by Gasteiger charge is 2.26. The molecule has 0 aliphatic carbocycles. The maximum atomic E-state index is 12.4. The molecule has 1 saturated heterocycles. The molecule has 26 heavy (non-hydrogen) atoms. The van der Waals surface area contributed by atoms with Gasteiger partial charge in [-0.3, -0.25) is 4.79 Å². The minimum absolute atomic E-state index is 0.124. The van der Waals surface area contributed by atoms with Gasteiger partial charge in [-0.2, -0.15) is 0 Å². The molecule has 138 valence electrons. The van der Waals surface area contributed by atoms with Gasteiger partial charge in [-0.15, -0.1) is 0 Å². The predicted molar refractivity (Wildman–Crippen MR) is 103 cm³/mol. The molecule has 1 atom stereocenters. The number of nitrogens with zero attached hydrogens (tertiary/aromatic N) is 1. The van der Waals surface area contributed by atoms with Crippen molar-refractivity contribution in [1.29, 1.82) is 0 Å². The quantitative estimate of drug-likeness (QED) is 0.878. The summed E-state index contributed by atoms with van der Waals surface area (Å²) in [6, 6.07) is 17.5. The van der Waals surface area contributed by atoms with Crippen molar-refractivity contribution in [3.05, 3.63) is 60.2 Å². The average Bonchev–Trinajstić information content (AvgIpc) is 2.66. The Morgan fingerprint density at radius 3 is 2.38 bits per heavy atom. The van der Waals surface area contributed by atoms with Crippen LogP contribution in [0.1, 0.15) is 23.2 Å². The standard InChI is InChI=1S/C20H24N2O3S/c1-26(24,25)22-13-5-6-16(15-22)14-21-20(23)19-11-9-18(10-12-19)17-7-3-2-4-8-17/h2-4,7-12,16H,5-6,13-15H2,1H3,(H,21,23). The highest BCUT2D eigenvalue weighted by atomic mass is 32.2. The average molecular weight is 372 g/mol. The smallest absolute Gasteiger partial charge is 0.251 e. The van der Waals surface area contributed by atoms with Gasteiger partial charge in [0.15, 0.2) is 0 Å². The molecular weight excluding hydrogens is 348 g/mol. The molecule has 1 unspecified atom stereocenters. The van der Waals surface area contributed by atoms with Gasteiger partial charge in [0.25, 0.3) is 5.91 Å². The van der Waals surface area contributed by atoms with E-state index in [-0.39, 0.29) is 11.8 Å². The second kappa shape index (κ2) is 8.01. The molecule has 1 aliphatic heterocycles. The summed E-state index contributed by atoms with van der Waals surface area (Å²) in [6.07, 6.45) is 3.00. The zero-order valence-corrected chi connectivity index (χ0v) is 15.7. The van der Waals surface area contributed by atoms with E-state index in [1.54, 1.807) is 0 Å². The first-order valence-electron chi connectivity index (χ1n) is 8.82. The summed E-state index contributed by atoms with van der Waals surface area (Å²) in [5, 5.41) is 2.94. The molecule has 0 radical (unpaired) electrons. The minimum Gasteiger partial charge on any atom is -0.352 e. The van der Waals surface area contributed by atoms with Crippen LogP contribution < -0.4 is 5.32 Å². The fourth-order valence-electron chi connectivity index (χ4n) is 3.28. The van der Waals surface area contributed by atoms with Crippen molar-refractivity contribution in [3.63, 3.8) is 0 Å². The van der Waals surface area contributed by atoms with Crippen molar-refractivity contribution >= 4 is 15.9 Å². The largest absolute Gasteiger partial charge is 0.352 e. The second-order valence-electron chi connectivity index (χ2n) is 6.78. The number of hydrogen-bond acceptors (Lipinski definition) is 3. The van der Waals surface area contributed by atoms with Crippen LogP contribution in [0, 0.1) is 5.92 Å². The zero-order valence-electron chi connectivity index (χ0n) is 14.9. The lowest BCUT2D eigenvalue weighted by Crippen LogP contribution is -2.43. The SMILES string of the molecule is CS(=O)(=O)N1CCCC(CNC(=O)c2ccc(-c3ccccc3)cc2)C1. The van der Waals surface area contributed by atoms with E-state index >= 15 is 0 Å². The third kappa shape index (κ3) is 4.71. The Kier molecular flexibility index (Phi) is 5.74. The number of benzene rings is 2. The van der Waals surface area contributed by atoms with E-state index < -0.39 is 10.0 Å². The van der Waals surface area contributed by atoms with E-state index in [2.05, 4.69) is 5.32 Å². The summed E-state index contributed by atoms with van der Waals surface area (Å²) < 4.78 is 24.9. The van der Waals surface area contributed by atoms with Gasteiger partial charge in [0.2, 0.25) is 10.0 Å². The highest BCUT2D eigenvalue weighted by molar-refractivity contribution is 7.88. The number of hydrogen-bond donors (Lipinski definition) is 1. The summed E-state index contributed by atoms with van der Waals surface area (Å²) in [7, 11) is -3.16. The van der Waals surface area contributed by atoms with Crippen LogP contribution >= 0.6 is 0 Å². The van der Waals surface area contributed by atoms with Crippen LogP contribution in [0.15, 0.2) is 54.6 Å². The number of rotatable bonds is 5. The molecule has 3 rings (SSSR count). The van der Waals surface area contributed by atoms with Crippen LogP contribution in [0.4, 0.5) is 0 Å². The first-order valence-corrected chi connectivity index (χ1v) is 10.7. The third-order valence-corrected chi connectivity index (χ3v) is 6.03. The van der Waals surface area contributed by atoms with E-state index in [4.69, 9.17) is 0 Å². The Balaban J connectivity index is 1.57. The topological polar surface area (TPSA) is 66.5 Å². The molecule has 2 aromatic carbocycles. The number of amides is 1. The fourth-order valence-corrected chi connectivity index (χ4v) is 4.22.